The fraction of sp³-hybridized carbons (Fsp3) is 0.600. The summed E-state index contributed by atoms with van der Waals surface area (Å²) in [6.07, 6.45) is 5.61. The van der Waals surface area contributed by atoms with E-state index in [0.717, 1.165) is 36.9 Å². The first-order valence-corrected chi connectivity index (χ1v) is 6.89. The summed E-state index contributed by atoms with van der Waals surface area (Å²) in [5.41, 5.74) is 1.76. The van der Waals surface area contributed by atoms with Gasteiger partial charge in [0.25, 0.3) is 0 Å². The van der Waals surface area contributed by atoms with Crippen LogP contribution in [0.1, 0.15) is 57.3 Å². The number of aryl methyl sites for hydroxylation is 1. The van der Waals surface area contributed by atoms with Crippen LogP contribution in [0.4, 0.5) is 4.79 Å². The van der Waals surface area contributed by atoms with Crippen molar-refractivity contribution in [2.75, 3.05) is 0 Å². The average molecular weight is 262 g/mol. The molecular weight excluding hydrogens is 240 g/mol. The Morgan fingerprint density at radius 1 is 1.42 bits per heavy atom. The highest BCUT2D eigenvalue weighted by molar-refractivity contribution is 5.68. The van der Waals surface area contributed by atoms with Gasteiger partial charge in [0.2, 0.25) is 0 Å². The number of nitrogens with one attached hydrogen (secondary N) is 1. The molecule has 1 heterocycles. The summed E-state index contributed by atoms with van der Waals surface area (Å²) in [5, 5.41) is 2.97. The lowest BCUT2D eigenvalue weighted by molar-refractivity contribution is 0.0501. The number of rotatable bonds is 1. The predicted molar refractivity (Wildman–Crippen MR) is 73.9 cm³/mol. The Bertz CT molecular complexity index is 452. The molecule has 0 aliphatic heterocycles. The van der Waals surface area contributed by atoms with Gasteiger partial charge in [0.1, 0.15) is 5.60 Å². The molecule has 1 atom stereocenters. The smallest absolute Gasteiger partial charge is 0.408 e. The molecule has 1 aromatic heterocycles. The van der Waals surface area contributed by atoms with Crippen LogP contribution in [0.15, 0.2) is 18.3 Å². The Morgan fingerprint density at radius 2 is 2.21 bits per heavy atom. The summed E-state index contributed by atoms with van der Waals surface area (Å²) in [6, 6.07) is 3.99. The number of fused-ring (bicyclic) bond motifs is 1. The number of carbonyl (C=O) groups is 1. The molecule has 4 heteroatoms. The second kappa shape index (κ2) is 5.59. The number of pyridine rings is 1. The number of aromatic nitrogens is 1. The molecule has 104 valence electrons. The summed E-state index contributed by atoms with van der Waals surface area (Å²) in [6.45, 7) is 5.61. The van der Waals surface area contributed by atoms with Gasteiger partial charge in [0.05, 0.1) is 6.04 Å². The van der Waals surface area contributed by atoms with E-state index in [2.05, 4.69) is 16.4 Å². The van der Waals surface area contributed by atoms with Crippen LogP contribution in [0.2, 0.25) is 0 Å². The standard InChI is InChI=1S/C15H22N2O2/c1-15(2,3)19-14(18)17-13-9-5-4-8-12-11(13)7-6-10-16-12/h6-7,10,13H,4-5,8-9H2,1-3H3,(H,17,18)/t13-/m0/s1. The van der Waals surface area contributed by atoms with Gasteiger partial charge in [-0.3, -0.25) is 4.98 Å². The molecule has 0 saturated carbocycles. The molecule has 0 unspecified atom stereocenters. The largest absolute Gasteiger partial charge is 0.444 e. The summed E-state index contributed by atoms with van der Waals surface area (Å²) in [4.78, 5) is 16.3. The van der Waals surface area contributed by atoms with Gasteiger partial charge in [-0.05, 0) is 51.7 Å². The number of alkyl carbamates (subject to hydrolysis) is 1. The van der Waals surface area contributed by atoms with Crippen molar-refractivity contribution in [3.8, 4) is 0 Å². The fourth-order valence-corrected chi connectivity index (χ4v) is 2.37. The van der Waals surface area contributed by atoms with Crippen LogP contribution >= 0.6 is 0 Å². The average Bonchev–Trinajstić information content (AvgIpc) is 2.50. The Labute approximate surface area is 114 Å². The zero-order chi connectivity index (χ0) is 13.9. The Hall–Kier alpha value is -1.58. The van der Waals surface area contributed by atoms with Gasteiger partial charge in [-0.1, -0.05) is 12.5 Å². The lowest BCUT2D eigenvalue weighted by atomic mass is 10.0. The van der Waals surface area contributed by atoms with E-state index in [0.29, 0.717) is 0 Å². The van der Waals surface area contributed by atoms with Crippen LogP contribution < -0.4 is 5.32 Å². The van der Waals surface area contributed by atoms with Crippen molar-refractivity contribution in [1.29, 1.82) is 0 Å². The van der Waals surface area contributed by atoms with E-state index in [1.165, 1.54) is 0 Å². The molecule has 0 spiro atoms. The zero-order valence-corrected chi connectivity index (χ0v) is 11.9. The molecule has 0 saturated heterocycles. The van der Waals surface area contributed by atoms with Gasteiger partial charge in [0, 0.05) is 11.9 Å². The topological polar surface area (TPSA) is 51.2 Å². The SMILES string of the molecule is CC(C)(C)OC(=O)N[C@H]1CCCCc2ncccc21. The van der Waals surface area contributed by atoms with E-state index in [-0.39, 0.29) is 12.1 Å². The first kappa shape index (κ1) is 13.8. The molecular formula is C15H22N2O2. The second-order valence-electron chi connectivity index (χ2n) is 5.98. The lowest BCUT2D eigenvalue weighted by Gasteiger charge is -2.23. The summed E-state index contributed by atoms with van der Waals surface area (Å²) in [7, 11) is 0. The molecule has 19 heavy (non-hydrogen) atoms. The molecule has 2 rings (SSSR count). The van der Waals surface area contributed by atoms with Crippen LogP contribution in [0.3, 0.4) is 0 Å². The normalized spacial score (nSPS) is 19.2. The quantitative estimate of drug-likeness (QED) is 0.789. The van der Waals surface area contributed by atoms with E-state index in [1.54, 1.807) is 0 Å². The maximum absolute atomic E-state index is 11.9. The number of ether oxygens (including phenoxy) is 1. The van der Waals surface area contributed by atoms with Crippen LogP contribution in [0, 0.1) is 0 Å². The van der Waals surface area contributed by atoms with Crippen LogP contribution in [-0.4, -0.2) is 16.7 Å². The lowest BCUT2D eigenvalue weighted by Crippen LogP contribution is -2.35. The van der Waals surface area contributed by atoms with E-state index in [1.807, 2.05) is 33.0 Å². The van der Waals surface area contributed by atoms with Crippen LogP contribution in [-0.2, 0) is 11.2 Å². The minimum Gasteiger partial charge on any atom is -0.444 e. The Kier molecular flexibility index (Phi) is 4.08. The zero-order valence-electron chi connectivity index (χ0n) is 11.9. The summed E-state index contributed by atoms with van der Waals surface area (Å²) < 4.78 is 5.33. The second-order valence-corrected chi connectivity index (χ2v) is 5.98. The van der Waals surface area contributed by atoms with Crippen molar-refractivity contribution in [2.24, 2.45) is 0 Å². The number of hydrogen-bond acceptors (Lipinski definition) is 3. The molecule has 0 radical (unpaired) electrons. The molecule has 1 aromatic rings. The predicted octanol–water partition coefficient (Wildman–Crippen LogP) is 3.37. The molecule has 1 aliphatic carbocycles. The molecule has 0 aromatic carbocycles. The van der Waals surface area contributed by atoms with Crippen molar-refractivity contribution >= 4 is 6.09 Å². The van der Waals surface area contributed by atoms with Gasteiger partial charge in [0.15, 0.2) is 0 Å². The molecule has 1 amide bonds. The molecule has 0 fully saturated rings. The summed E-state index contributed by atoms with van der Waals surface area (Å²) in [5.74, 6) is 0. The molecule has 4 nitrogen and oxygen atoms in total. The van der Waals surface area contributed by atoms with Crippen molar-refractivity contribution in [2.45, 2.75) is 58.1 Å². The third-order valence-corrected chi connectivity index (χ3v) is 3.15. The van der Waals surface area contributed by atoms with Crippen molar-refractivity contribution in [1.82, 2.24) is 10.3 Å². The minimum atomic E-state index is -0.466. The highest BCUT2D eigenvalue weighted by Gasteiger charge is 2.23. The van der Waals surface area contributed by atoms with Crippen molar-refractivity contribution in [3.63, 3.8) is 0 Å². The number of hydrogen-bond donors (Lipinski definition) is 1. The highest BCUT2D eigenvalue weighted by Crippen LogP contribution is 2.27. The van der Waals surface area contributed by atoms with E-state index in [9.17, 15) is 4.79 Å². The minimum absolute atomic E-state index is 0.0149. The molecule has 0 bridgehead atoms. The maximum atomic E-state index is 11.9. The van der Waals surface area contributed by atoms with Gasteiger partial charge in [-0.25, -0.2) is 4.79 Å². The van der Waals surface area contributed by atoms with E-state index in [4.69, 9.17) is 4.74 Å². The van der Waals surface area contributed by atoms with Crippen molar-refractivity contribution < 1.29 is 9.53 Å². The summed E-state index contributed by atoms with van der Waals surface area (Å²) >= 11 is 0. The maximum Gasteiger partial charge on any atom is 0.408 e. The van der Waals surface area contributed by atoms with Gasteiger partial charge < -0.3 is 10.1 Å². The first-order valence-electron chi connectivity index (χ1n) is 6.89. The van der Waals surface area contributed by atoms with E-state index >= 15 is 0 Å². The first-order chi connectivity index (χ1) is 8.96. The van der Waals surface area contributed by atoms with Crippen LogP contribution in [0.25, 0.3) is 0 Å². The third-order valence-electron chi connectivity index (χ3n) is 3.15. The Morgan fingerprint density at radius 3 is 2.95 bits per heavy atom. The van der Waals surface area contributed by atoms with Crippen molar-refractivity contribution in [3.05, 3.63) is 29.6 Å². The van der Waals surface area contributed by atoms with Gasteiger partial charge >= 0.3 is 6.09 Å². The number of carbonyl (C=O) groups excluding carboxylic acids is 1. The monoisotopic (exact) mass is 262 g/mol. The van der Waals surface area contributed by atoms with Gasteiger partial charge in [-0.15, -0.1) is 0 Å². The number of nitrogens with zero attached hydrogens (tertiary/aromatic N) is 1. The Balaban J connectivity index is 2.10. The van der Waals surface area contributed by atoms with Gasteiger partial charge in [-0.2, -0.15) is 0 Å². The van der Waals surface area contributed by atoms with E-state index < -0.39 is 5.60 Å². The third kappa shape index (κ3) is 3.94. The molecule has 1 aliphatic rings. The molecule has 1 N–H and O–H groups in total. The van der Waals surface area contributed by atoms with Crippen LogP contribution in [0.5, 0.6) is 0 Å². The number of amides is 1. The fourth-order valence-electron chi connectivity index (χ4n) is 2.37. The highest BCUT2D eigenvalue weighted by atomic mass is 16.6.